The van der Waals surface area contributed by atoms with Crippen molar-refractivity contribution in [2.24, 2.45) is 5.41 Å². The van der Waals surface area contributed by atoms with Crippen LogP contribution >= 0.6 is 8.69 Å². The third-order valence-corrected chi connectivity index (χ3v) is 4.13. The molecule has 0 radical (unpaired) electrons. The minimum Gasteiger partial charge on any atom is -0.379 e. The second kappa shape index (κ2) is 8.11. The van der Waals surface area contributed by atoms with E-state index in [-0.39, 0.29) is 15.3 Å². The molecule has 1 fully saturated rings. The Kier molecular flexibility index (Phi) is 6.17. The number of hydrogen-bond donors (Lipinski definition) is 1. The smallest absolute Gasteiger partial charge is 0.327 e. The van der Waals surface area contributed by atoms with E-state index < -0.39 is 5.41 Å². The van der Waals surface area contributed by atoms with Gasteiger partial charge in [-0.1, -0.05) is 49.6 Å². The van der Waals surface area contributed by atoms with Crippen LogP contribution < -0.4 is 0 Å². The van der Waals surface area contributed by atoms with Crippen molar-refractivity contribution in [1.82, 2.24) is 0 Å². The molecule has 1 aliphatic rings. The van der Waals surface area contributed by atoms with Crippen molar-refractivity contribution in [2.45, 2.75) is 6.42 Å². The number of hydrogen-bond acceptors (Lipinski definition) is 4. The van der Waals surface area contributed by atoms with E-state index in [0.29, 0.717) is 18.9 Å². The highest BCUT2D eigenvalue weighted by atomic mass is 31.1. The lowest BCUT2D eigenvalue weighted by molar-refractivity contribution is -0.0869. The largest absolute Gasteiger partial charge is 0.379 e. The summed E-state index contributed by atoms with van der Waals surface area (Å²) < 4.78 is 20.8. The van der Waals surface area contributed by atoms with Gasteiger partial charge in [0, 0.05) is 0 Å². The zero-order valence-corrected chi connectivity index (χ0v) is 13.9. The Labute approximate surface area is 138 Å². The monoisotopic (exact) mass is 329 g/mol. The summed E-state index contributed by atoms with van der Waals surface area (Å²) in [6.45, 7) is 8.56. The Morgan fingerprint density at radius 3 is 2.78 bits per heavy atom. The molecule has 120 valence electrons. The van der Waals surface area contributed by atoms with Crippen molar-refractivity contribution >= 4 is 14.4 Å². The molecule has 0 aromatic heterocycles. The highest BCUT2D eigenvalue weighted by Gasteiger charge is 2.44. The van der Waals surface area contributed by atoms with E-state index in [1.54, 1.807) is 6.08 Å². The van der Waals surface area contributed by atoms with Gasteiger partial charge in [0.25, 0.3) is 0 Å². The molecular formula is C18H20NO3P. The van der Waals surface area contributed by atoms with Crippen LogP contribution in [0.15, 0.2) is 61.2 Å². The van der Waals surface area contributed by atoms with Gasteiger partial charge in [0.15, 0.2) is 0 Å². The maximum atomic E-state index is 10.6. The minimum absolute atomic E-state index is 0.218. The average Bonchev–Trinajstić information content (AvgIpc) is 2.53. The van der Waals surface area contributed by atoms with Gasteiger partial charge in [0.2, 0.25) is 0 Å². The first-order valence-electron chi connectivity index (χ1n) is 7.30. The molecule has 1 saturated heterocycles. The van der Waals surface area contributed by atoms with E-state index >= 15 is 0 Å². The van der Waals surface area contributed by atoms with Gasteiger partial charge in [0.05, 0.1) is 30.9 Å². The quantitative estimate of drug-likeness (QED) is 0.421. The molecule has 1 N–H and O–H groups in total. The van der Waals surface area contributed by atoms with Crippen molar-refractivity contribution < 1.29 is 13.8 Å². The van der Waals surface area contributed by atoms with Gasteiger partial charge in [0.1, 0.15) is 0 Å². The fourth-order valence-electron chi connectivity index (χ4n) is 2.53. The molecule has 1 aromatic rings. The van der Waals surface area contributed by atoms with Gasteiger partial charge < -0.3 is 10.1 Å². The third kappa shape index (κ3) is 4.11. The van der Waals surface area contributed by atoms with Crippen LogP contribution in [0.5, 0.6) is 0 Å². The van der Waals surface area contributed by atoms with Gasteiger partial charge >= 0.3 is 8.69 Å². The Balaban J connectivity index is 2.20. The Morgan fingerprint density at radius 1 is 1.43 bits per heavy atom. The van der Waals surface area contributed by atoms with Crippen LogP contribution in [-0.2, 0) is 20.2 Å². The number of nitrogens with one attached hydrogen (secondary N) is 1. The molecule has 1 heterocycles. The summed E-state index contributed by atoms with van der Waals surface area (Å²) in [5.74, 6) is 0. The first kappa shape index (κ1) is 17.5. The molecule has 0 amide bonds. The molecule has 0 aliphatic carbocycles. The molecule has 4 nitrogen and oxygen atoms in total. The lowest BCUT2D eigenvalue weighted by Crippen LogP contribution is -2.52. The van der Waals surface area contributed by atoms with Crippen LogP contribution in [-0.4, -0.2) is 25.5 Å². The summed E-state index contributed by atoms with van der Waals surface area (Å²) in [6.07, 6.45) is 6.20. The average molecular weight is 329 g/mol. The molecule has 0 spiro atoms. The molecular weight excluding hydrogens is 309 g/mol. The van der Waals surface area contributed by atoms with Crippen molar-refractivity contribution in [3.05, 3.63) is 72.4 Å². The first-order valence-corrected chi connectivity index (χ1v) is 8.03. The zero-order chi connectivity index (χ0) is 16.7. The molecule has 1 aliphatic heterocycles. The van der Waals surface area contributed by atoms with Gasteiger partial charge in [-0.25, -0.2) is 4.57 Å². The lowest BCUT2D eigenvalue weighted by Gasteiger charge is -2.40. The van der Waals surface area contributed by atoms with Gasteiger partial charge in [-0.3, -0.25) is 4.52 Å². The Hall–Kier alpha value is -1.87. The zero-order valence-electron chi connectivity index (χ0n) is 13.0. The van der Waals surface area contributed by atoms with Crippen LogP contribution in [0.3, 0.4) is 0 Å². The number of allylic oxidation sites excluding steroid dienone is 4. The standard InChI is InChI=1S/C18H20NO3P/c1-3-6-14(4-2)9-15-7-5-8-16(10-15)17(19)18(11-21-12-18)13-22-23-20/h3-8,10,19H,1-2,9,11-13H2/b14-6+,19-17?. The molecule has 0 atom stereocenters. The van der Waals surface area contributed by atoms with E-state index in [1.165, 1.54) is 0 Å². The van der Waals surface area contributed by atoms with Gasteiger partial charge in [-0.05, 0) is 29.2 Å². The number of rotatable bonds is 9. The molecule has 0 bridgehead atoms. The minimum atomic E-state index is -0.506. The molecule has 0 unspecified atom stereocenters. The summed E-state index contributed by atoms with van der Waals surface area (Å²) in [6, 6.07) is 7.87. The fourth-order valence-corrected chi connectivity index (χ4v) is 2.83. The normalized spacial score (nSPS) is 16.6. The number of ether oxygens (including phenoxy) is 1. The second-order valence-electron chi connectivity index (χ2n) is 5.55. The van der Waals surface area contributed by atoms with Gasteiger partial charge in [-0.15, -0.1) is 0 Å². The summed E-state index contributed by atoms with van der Waals surface area (Å²) in [7, 11) is -0.369. The van der Waals surface area contributed by atoms with E-state index in [9.17, 15) is 4.57 Å². The SMILES string of the molecule is C=C/C=C(\C=C)Cc1cccc(C(=N)C2(COP=O)COC2)c1. The molecule has 2 rings (SSSR count). The van der Waals surface area contributed by atoms with E-state index in [0.717, 1.165) is 23.1 Å². The van der Waals surface area contributed by atoms with E-state index in [4.69, 9.17) is 14.7 Å². The number of benzene rings is 1. The lowest BCUT2D eigenvalue weighted by atomic mass is 9.78. The van der Waals surface area contributed by atoms with E-state index in [1.807, 2.05) is 36.4 Å². The summed E-state index contributed by atoms with van der Waals surface area (Å²) in [5.41, 5.74) is 2.95. The van der Waals surface area contributed by atoms with Crippen LogP contribution in [0.1, 0.15) is 11.1 Å². The van der Waals surface area contributed by atoms with Crippen LogP contribution in [0.2, 0.25) is 0 Å². The third-order valence-electron chi connectivity index (χ3n) is 3.90. The van der Waals surface area contributed by atoms with Gasteiger partial charge in [-0.2, -0.15) is 0 Å². The van der Waals surface area contributed by atoms with Crippen LogP contribution in [0.4, 0.5) is 0 Å². The molecule has 23 heavy (non-hydrogen) atoms. The van der Waals surface area contributed by atoms with Crippen molar-refractivity contribution in [2.75, 3.05) is 19.8 Å². The maximum Gasteiger partial charge on any atom is 0.327 e. The van der Waals surface area contributed by atoms with E-state index in [2.05, 4.69) is 13.2 Å². The highest BCUT2D eigenvalue weighted by Crippen LogP contribution is 2.33. The maximum absolute atomic E-state index is 10.6. The molecule has 1 aromatic carbocycles. The predicted molar refractivity (Wildman–Crippen MR) is 92.3 cm³/mol. The molecule has 5 heteroatoms. The van der Waals surface area contributed by atoms with Crippen LogP contribution in [0.25, 0.3) is 0 Å². The van der Waals surface area contributed by atoms with Crippen molar-refractivity contribution in [1.29, 1.82) is 5.41 Å². The summed E-state index contributed by atoms with van der Waals surface area (Å²) in [5, 5.41) is 8.50. The topological polar surface area (TPSA) is 59.4 Å². The fraction of sp³-hybridized carbons (Fsp3) is 0.278. The summed E-state index contributed by atoms with van der Waals surface area (Å²) >= 11 is 0. The highest BCUT2D eigenvalue weighted by molar-refractivity contribution is 7.17. The molecule has 0 saturated carbocycles. The predicted octanol–water partition coefficient (Wildman–Crippen LogP) is 4.14. The second-order valence-corrected chi connectivity index (χ2v) is 5.96. The van der Waals surface area contributed by atoms with Crippen molar-refractivity contribution in [3.8, 4) is 0 Å². The van der Waals surface area contributed by atoms with Crippen LogP contribution in [0, 0.1) is 10.8 Å². The summed E-state index contributed by atoms with van der Waals surface area (Å²) in [4.78, 5) is 0. The Bertz CT molecular complexity index is 647. The Morgan fingerprint density at radius 2 is 2.22 bits per heavy atom. The first-order chi connectivity index (χ1) is 11.1. The van der Waals surface area contributed by atoms with Crippen molar-refractivity contribution in [3.63, 3.8) is 0 Å².